The van der Waals surface area contributed by atoms with E-state index in [9.17, 15) is 0 Å². The largest absolute Gasteiger partial charge is 0.493 e. The minimum Gasteiger partial charge on any atom is -0.493 e. The van der Waals surface area contributed by atoms with Gasteiger partial charge in [0.1, 0.15) is 5.75 Å². The van der Waals surface area contributed by atoms with Gasteiger partial charge in [0.15, 0.2) is 0 Å². The molecule has 0 heterocycles. The molecule has 0 bridgehead atoms. The highest BCUT2D eigenvalue weighted by Gasteiger charge is 2.15. The molecule has 0 spiro atoms. The van der Waals surface area contributed by atoms with E-state index in [2.05, 4.69) is 74.5 Å². The lowest BCUT2D eigenvalue weighted by atomic mass is 9.92. The van der Waals surface area contributed by atoms with E-state index in [4.69, 9.17) is 4.74 Å². The SMILES string of the molecule is [CH2]c1ccc(-c2ccccc2)c(-c2ccccc2)c1OCCCC. The number of rotatable bonds is 6. The highest BCUT2D eigenvalue weighted by molar-refractivity contribution is 5.88. The Morgan fingerprint density at radius 2 is 1.42 bits per heavy atom. The quantitative estimate of drug-likeness (QED) is 0.479. The van der Waals surface area contributed by atoms with Crippen molar-refractivity contribution < 1.29 is 4.74 Å². The molecule has 0 fully saturated rings. The number of benzene rings is 3. The van der Waals surface area contributed by atoms with Crippen molar-refractivity contribution in [1.82, 2.24) is 0 Å². The fourth-order valence-electron chi connectivity index (χ4n) is 2.86. The van der Waals surface area contributed by atoms with Crippen molar-refractivity contribution in [3.8, 4) is 28.0 Å². The average Bonchev–Trinajstić information content (AvgIpc) is 2.64. The van der Waals surface area contributed by atoms with E-state index in [1.807, 2.05) is 12.1 Å². The molecule has 0 N–H and O–H groups in total. The first-order chi connectivity index (χ1) is 11.8. The molecular formula is C23H23O. The Morgan fingerprint density at radius 1 is 0.792 bits per heavy atom. The van der Waals surface area contributed by atoms with Crippen molar-refractivity contribution >= 4 is 0 Å². The molecule has 0 saturated heterocycles. The molecule has 0 aliphatic heterocycles. The van der Waals surface area contributed by atoms with Gasteiger partial charge < -0.3 is 4.74 Å². The maximum absolute atomic E-state index is 6.16. The Kier molecular flexibility index (Phi) is 5.32. The summed E-state index contributed by atoms with van der Waals surface area (Å²) < 4.78 is 6.16. The van der Waals surface area contributed by atoms with Crippen LogP contribution >= 0.6 is 0 Å². The molecule has 3 rings (SSSR count). The minimum atomic E-state index is 0.719. The monoisotopic (exact) mass is 315 g/mol. The summed E-state index contributed by atoms with van der Waals surface area (Å²) in [4.78, 5) is 0. The van der Waals surface area contributed by atoms with Crippen LogP contribution in [0.3, 0.4) is 0 Å². The summed E-state index contributed by atoms with van der Waals surface area (Å²) in [5.41, 5.74) is 5.60. The molecule has 0 aromatic heterocycles. The summed E-state index contributed by atoms with van der Waals surface area (Å²) in [6.07, 6.45) is 2.16. The van der Waals surface area contributed by atoms with Crippen molar-refractivity contribution in [2.45, 2.75) is 19.8 Å². The molecule has 0 unspecified atom stereocenters. The Labute approximate surface area is 144 Å². The van der Waals surface area contributed by atoms with Gasteiger partial charge in [-0.2, -0.15) is 0 Å². The maximum atomic E-state index is 6.16. The number of hydrogen-bond acceptors (Lipinski definition) is 1. The zero-order valence-electron chi connectivity index (χ0n) is 14.2. The smallest absolute Gasteiger partial charge is 0.130 e. The van der Waals surface area contributed by atoms with Crippen LogP contribution < -0.4 is 4.74 Å². The van der Waals surface area contributed by atoms with Gasteiger partial charge in [0.25, 0.3) is 0 Å². The van der Waals surface area contributed by atoms with Gasteiger partial charge in [-0.25, -0.2) is 0 Å². The van der Waals surface area contributed by atoms with Gasteiger partial charge in [-0.1, -0.05) is 86.1 Å². The van der Waals surface area contributed by atoms with Crippen molar-refractivity contribution in [2.24, 2.45) is 0 Å². The van der Waals surface area contributed by atoms with Crippen LogP contribution in [-0.2, 0) is 0 Å². The maximum Gasteiger partial charge on any atom is 0.130 e. The minimum absolute atomic E-state index is 0.719. The predicted molar refractivity (Wildman–Crippen MR) is 102 cm³/mol. The molecular weight excluding hydrogens is 292 g/mol. The molecule has 0 saturated carbocycles. The van der Waals surface area contributed by atoms with Gasteiger partial charge in [0.2, 0.25) is 0 Å². The van der Waals surface area contributed by atoms with E-state index >= 15 is 0 Å². The third-order valence-corrected chi connectivity index (χ3v) is 4.13. The zero-order valence-corrected chi connectivity index (χ0v) is 14.2. The predicted octanol–water partition coefficient (Wildman–Crippen LogP) is 6.38. The van der Waals surface area contributed by atoms with E-state index in [0.717, 1.165) is 41.9 Å². The Balaban J connectivity index is 2.17. The molecule has 1 heteroatoms. The Morgan fingerprint density at radius 3 is 2.04 bits per heavy atom. The topological polar surface area (TPSA) is 9.23 Å². The van der Waals surface area contributed by atoms with Crippen LogP contribution in [0.5, 0.6) is 5.75 Å². The van der Waals surface area contributed by atoms with E-state index in [1.165, 1.54) is 11.1 Å². The van der Waals surface area contributed by atoms with Crippen molar-refractivity contribution in [3.63, 3.8) is 0 Å². The van der Waals surface area contributed by atoms with Crippen molar-refractivity contribution in [1.29, 1.82) is 0 Å². The van der Waals surface area contributed by atoms with E-state index < -0.39 is 0 Å². The Bertz CT molecular complexity index is 776. The van der Waals surface area contributed by atoms with Crippen LogP contribution in [0.4, 0.5) is 0 Å². The molecule has 1 nitrogen and oxygen atoms in total. The van der Waals surface area contributed by atoms with Crippen LogP contribution in [0.25, 0.3) is 22.3 Å². The zero-order chi connectivity index (χ0) is 16.8. The molecule has 0 aliphatic carbocycles. The molecule has 24 heavy (non-hydrogen) atoms. The van der Waals surface area contributed by atoms with Gasteiger partial charge in [0.05, 0.1) is 6.61 Å². The fraction of sp³-hybridized carbons (Fsp3) is 0.174. The first-order valence-electron chi connectivity index (χ1n) is 8.54. The van der Waals surface area contributed by atoms with Gasteiger partial charge in [-0.05, 0) is 35.6 Å². The summed E-state index contributed by atoms with van der Waals surface area (Å²) in [6, 6.07) is 25.1. The van der Waals surface area contributed by atoms with Crippen LogP contribution in [0.1, 0.15) is 25.3 Å². The van der Waals surface area contributed by atoms with Gasteiger partial charge in [-0.15, -0.1) is 0 Å². The van der Waals surface area contributed by atoms with Crippen LogP contribution in [0.15, 0.2) is 72.8 Å². The third-order valence-electron chi connectivity index (χ3n) is 4.13. The first-order valence-corrected chi connectivity index (χ1v) is 8.54. The van der Waals surface area contributed by atoms with Crippen molar-refractivity contribution in [3.05, 3.63) is 85.3 Å². The normalized spacial score (nSPS) is 10.6. The number of ether oxygens (including phenoxy) is 1. The van der Waals surface area contributed by atoms with E-state index in [1.54, 1.807) is 0 Å². The molecule has 0 aliphatic rings. The Hall–Kier alpha value is -2.54. The van der Waals surface area contributed by atoms with Crippen LogP contribution in [-0.4, -0.2) is 6.61 Å². The standard InChI is InChI=1S/C23H23O/c1-3-4-17-24-23-18(2)15-16-21(19-11-7-5-8-12-19)22(23)20-13-9-6-10-14-20/h5-16H,2-4,17H2,1H3. The summed E-state index contributed by atoms with van der Waals surface area (Å²) in [7, 11) is 0. The lowest BCUT2D eigenvalue weighted by molar-refractivity contribution is 0.309. The highest BCUT2D eigenvalue weighted by Crippen LogP contribution is 2.41. The highest BCUT2D eigenvalue weighted by atomic mass is 16.5. The number of hydrogen-bond donors (Lipinski definition) is 0. The third kappa shape index (κ3) is 3.51. The molecule has 121 valence electrons. The summed E-state index contributed by atoms with van der Waals surface area (Å²) in [5, 5.41) is 0. The average molecular weight is 315 g/mol. The lowest BCUT2D eigenvalue weighted by Crippen LogP contribution is -2.01. The van der Waals surface area contributed by atoms with Crippen LogP contribution in [0.2, 0.25) is 0 Å². The first kappa shape index (κ1) is 16.3. The van der Waals surface area contributed by atoms with E-state index in [0.29, 0.717) is 0 Å². The second-order valence-corrected chi connectivity index (χ2v) is 5.91. The van der Waals surface area contributed by atoms with E-state index in [-0.39, 0.29) is 0 Å². The van der Waals surface area contributed by atoms with Gasteiger partial charge >= 0.3 is 0 Å². The van der Waals surface area contributed by atoms with Crippen molar-refractivity contribution in [2.75, 3.05) is 6.61 Å². The summed E-state index contributed by atoms with van der Waals surface area (Å²) in [5.74, 6) is 0.899. The van der Waals surface area contributed by atoms with Crippen LogP contribution in [0, 0.1) is 6.92 Å². The molecule has 3 aromatic rings. The molecule has 0 atom stereocenters. The number of unbranched alkanes of at least 4 members (excludes halogenated alkanes) is 1. The summed E-state index contributed by atoms with van der Waals surface area (Å²) in [6.45, 7) is 7.09. The second-order valence-electron chi connectivity index (χ2n) is 5.91. The fourth-order valence-corrected chi connectivity index (χ4v) is 2.86. The summed E-state index contributed by atoms with van der Waals surface area (Å²) >= 11 is 0. The van der Waals surface area contributed by atoms with Gasteiger partial charge in [-0.3, -0.25) is 0 Å². The second kappa shape index (κ2) is 7.83. The van der Waals surface area contributed by atoms with Gasteiger partial charge in [0, 0.05) is 5.56 Å². The molecule has 3 aromatic carbocycles. The molecule has 0 amide bonds. The molecule has 1 radical (unpaired) electrons. The lowest BCUT2D eigenvalue weighted by Gasteiger charge is -2.18.